The molecular weight excluding hydrogens is 539 g/mol. The van der Waals surface area contributed by atoms with Crippen LogP contribution in [0.4, 0.5) is 18.9 Å². The van der Waals surface area contributed by atoms with Gasteiger partial charge in [-0.15, -0.1) is 0 Å². The van der Waals surface area contributed by atoms with Crippen LogP contribution >= 0.6 is 0 Å². The highest BCUT2D eigenvalue weighted by Gasteiger charge is 2.37. The molecule has 8 nitrogen and oxygen atoms in total. The van der Waals surface area contributed by atoms with Gasteiger partial charge in [0.2, 0.25) is 0 Å². The van der Waals surface area contributed by atoms with Crippen LogP contribution in [0.3, 0.4) is 0 Å². The molecule has 3 aromatic rings. The van der Waals surface area contributed by atoms with E-state index in [9.17, 15) is 28.2 Å². The molecule has 0 amide bonds. The minimum absolute atomic E-state index is 0.0103. The third-order valence-corrected chi connectivity index (χ3v) is 7.94. The summed E-state index contributed by atoms with van der Waals surface area (Å²) in [5.41, 5.74) is 1.74. The summed E-state index contributed by atoms with van der Waals surface area (Å²) < 4.78 is 50.9. The quantitative estimate of drug-likeness (QED) is 0.286. The molecule has 1 aliphatic rings. The summed E-state index contributed by atoms with van der Waals surface area (Å²) in [5.74, 6) is -4.48. The van der Waals surface area contributed by atoms with E-state index in [-0.39, 0.29) is 18.8 Å². The fourth-order valence-corrected chi connectivity index (χ4v) is 5.60. The maximum absolute atomic E-state index is 13.4. The van der Waals surface area contributed by atoms with Crippen LogP contribution in [0.25, 0.3) is 10.9 Å². The van der Waals surface area contributed by atoms with Crippen LogP contribution in [-0.2, 0) is 4.79 Å². The van der Waals surface area contributed by atoms with Crippen LogP contribution in [0.15, 0.2) is 36.5 Å². The van der Waals surface area contributed by atoms with Crippen molar-refractivity contribution >= 4 is 22.6 Å². The number of carboxylic acids is 1. The molecule has 222 valence electrons. The molecule has 0 spiro atoms. The Bertz CT molecular complexity index is 1360. The molecule has 0 aliphatic carbocycles. The Labute approximate surface area is 237 Å². The smallest absolute Gasteiger partial charge is 0.303 e. The number of carbonyl (C=O) groups is 1. The highest BCUT2D eigenvalue weighted by molar-refractivity contribution is 5.88. The fourth-order valence-electron chi connectivity index (χ4n) is 5.60. The van der Waals surface area contributed by atoms with Crippen LogP contribution in [0.5, 0.6) is 11.5 Å². The normalized spacial score (nSPS) is 16.0. The second-order valence-corrected chi connectivity index (χ2v) is 10.9. The van der Waals surface area contributed by atoms with Gasteiger partial charge < -0.3 is 24.6 Å². The summed E-state index contributed by atoms with van der Waals surface area (Å²) in [6.45, 7) is 1.82. The van der Waals surface area contributed by atoms with Crippen LogP contribution in [-0.4, -0.2) is 73.5 Å². The number of hydrogen-bond acceptors (Lipinski definition) is 7. The second kappa shape index (κ2) is 12.9. The lowest BCUT2D eigenvalue weighted by molar-refractivity contribution is -0.141. The van der Waals surface area contributed by atoms with E-state index in [4.69, 9.17) is 9.47 Å². The average Bonchev–Trinajstić information content (AvgIpc) is 2.94. The number of ether oxygens (including phenoxy) is 2. The van der Waals surface area contributed by atoms with Crippen LogP contribution in [0, 0.1) is 22.9 Å². The van der Waals surface area contributed by atoms with Gasteiger partial charge in [-0.1, -0.05) is 0 Å². The van der Waals surface area contributed by atoms with E-state index >= 15 is 0 Å². The number of benzene rings is 2. The largest absolute Gasteiger partial charge is 0.497 e. The van der Waals surface area contributed by atoms with Crippen molar-refractivity contribution in [1.29, 1.82) is 0 Å². The molecule has 0 unspecified atom stereocenters. The third kappa shape index (κ3) is 7.20. The number of aliphatic hydroxyl groups excluding tert-OH is 1. The van der Waals surface area contributed by atoms with Gasteiger partial charge in [-0.05, 0) is 62.4 Å². The number of likely N-dealkylation sites (tertiary alicyclic amines) is 1. The predicted molar refractivity (Wildman–Crippen MR) is 149 cm³/mol. The molecule has 41 heavy (non-hydrogen) atoms. The summed E-state index contributed by atoms with van der Waals surface area (Å²) in [6.07, 6.45) is 2.97. The lowest BCUT2D eigenvalue weighted by Gasteiger charge is -2.41. The Morgan fingerprint density at radius 3 is 2.41 bits per heavy atom. The number of halogens is 3. The first-order valence-electron chi connectivity index (χ1n) is 13.6. The number of pyridine rings is 1. The number of anilines is 1. The number of methoxy groups -OCH3 is 1. The van der Waals surface area contributed by atoms with E-state index < -0.39 is 34.9 Å². The zero-order valence-corrected chi connectivity index (χ0v) is 23.5. The highest BCUT2D eigenvalue weighted by Crippen LogP contribution is 2.43. The molecule has 1 aliphatic heterocycles. The monoisotopic (exact) mass is 575 g/mol. The molecule has 11 heteroatoms. The van der Waals surface area contributed by atoms with Gasteiger partial charge in [-0.25, -0.2) is 13.2 Å². The molecular formula is C30H36F3N3O5. The van der Waals surface area contributed by atoms with Gasteiger partial charge in [0.1, 0.15) is 18.1 Å². The molecule has 2 heterocycles. The van der Waals surface area contributed by atoms with Crippen molar-refractivity contribution in [2.75, 3.05) is 52.3 Å². The van der Waals surface area contributed by atoms with Gasteiger partial charge in [0.25, 0.3) is 0 Å². The van der Waals surface area contributed by atoms with E-state index in [1.807, 2.05) is 37.2 Å². The molecule has 1 fully saturated rings. The maximum atomic E-state index is 13.4. The summed E-state index contributed by atoms with van der Waals surface area (Å²) >= 11 is 0. The fraction of sp³-hybridized carbons (Fsp3) is 0.467. The third-order valence-electron chi connectivity index (χ3n) is 7.94. The van der Waals surface area contributed by atoms with Crippen molar-refractivity contribution in [3.63, 3.8) is 0 Å². The van der Waals surface area contributed by atoms with Crippen LogP contribution < -0.4 is 14.4 Å². The van der Waals surface area contributed by atoms with Crippen molar-refractivity contribution in [3.8, 4) is 11.5 Å². The number of aromatic nitrogens is 1. The molecule has 0 radical (unpaired) electrons. The molecule has 4 rings (SSSR count). The van der Waals surface area contributed by atoms with Gasteiger partial charge in [0, 0.05) is 43.7 Å². The molecule has 1 aromatic heterocycles. The van der Waals surface area contributed by atoms with Crippen LogP contribution in [0.1, 0.15) is 43.8 Å². The number of aliphatic hydroxyl groups is 1. The lowest BCUT2D eigenvalue weighted by atomic mass is 9.71. The van der Waals surface area contributed by atoms with Crippen LogP contribution in [0.2, 0.25) is 0 Å². The van der Waals surface area contributed by atoms with E-state index in [0.29, 0.717) is 51.1 Å². The summed E-state index contributed by atoms with van der Waals surface area (Å²) in [4.78, 5) is 20.4. The van der Waals surface area contributed by atoms with Gasteiger partial charge in [-0.3, -0.25) is 14.7 Å². The number of piperidine rings is 1. The van der Waals surface area contributed by atoms with Gasteiger partial charge in [0.15, 0.2) is 17.5 Å². The second-order valence-electron chi connectivity index (χ2n) is 10.9. The lowest BCUT2D eigenvalue weighted by Crippen LogP contribution is -2.42. The minimum atomic E-state index is -1.54. The van der Waals surface area contributed by atoms with Crippen molar-refractivity contribution < 1.29 is 37.7 Å². The van der Waals surface area contributed by atoms with Crippen molar-refractivity contribution in [1.82, 2.24) is 9.88 Å². The number of nitrogens with zero attached hydrogens (tertiary/aromatic N) is 3. The topological polar surface area (TPSA) is 95.4 Å². The van der Waals surface area contributed by atoms with Crippen molar-refractivity contribution in [3.05, 3.63) is 59.5 Å². The number of fused-ring (bicyclic) bond motifs is 1. The number of aliphatic carboxylic acids is 1. The van der Waals surface area contributed by atoms with Gasteiger partial charge >= 0.3 is 5.97 Å². The SMILES string of the molecule is COc1ccc2ncc(N(C)C)c([C@@H](O)CCC3(CC(=O)O)CCN(CCOc4cc(F)c(F)c(F)c4)CC3)c2c1. The first-order chi connectivity index (χ1) is 19.5. The molecule has 2 N–H and O–H groups in total. The first-order valence-corrected chi connectivity index (χ1v) is 13.6. The Hall–Kier alpha value is -3.57. The molecule has 0 saturated carbocycles. The molecule has 0 bridgehead atoms. The van der Waals surface area contributed by atoms with Gasteiger partial charge in [-0.2, -0.15) is 0 Å². The number of rotatable bonds is 12. The van der Waals surface area contributed by atoms with Crippen molar-refractivity contribution in [2.24, 2.45) is 5.41 Å². The number of hydrogen-bond donors (Lipinski definition) is 2. The maximum Gasteiger partial charge on any atom is 0.303 e. The summed E-state index contributed by atoms with van der Waals surface area (Å²) in [6, 6.07) is 7.13. The summed E-state index contributed by atoms with van der Waals surface area (Å²) in [5, 5.41) is 22.0. The zero-order chi connectivity index (χ0) is 29.7. The van der Waals surface area contributed by atoms with E-state index in [2.05, 4.69) is 9.88 Å². The summed E-state index contributed by atoms with van der Waals surface area (Å²) in [7, 11) is 5.35. The molecule has 1 atom stereocenters. The van der Waals surface area contributed by atoms with Crippen molar-refractivity contribution in [2.45, 2.75) is 38.2 Å². The Kier molecular flexibility index (Phi) is 9.60. The van der Waals surface area contributed by atoms with E-state index in [0.717, 1.165) is 34.3 Å². The Balaban J connectivity index is 1.42. The average molecular weight is 576 g/mol. The van der Waals surface area contributed by atoms with E-state index in [1.165, 1.54) is 0 Å². The minimum Gasteiger partial charge on any atom is -0.497 e. The molecule has 2 aromatic carbocycles. The zero-order valence-electron chi connectivity index (χ0n) is 23.5. The number of carboxylic acid groups (broad SMARTS) is 1. The Morgan fingerprint density at radius 2 is 1.80 bits per heavy atom. The Morgan fingerprint density at radius 1 is 1.12 bits per heavy atom. The predicted octanol–water partition coefficient (Wildman–Crippen LogP) is 5.18. The first kappa shape index (κ1) is 30.4. The molecule has 1 saturated heterocycles. The standard InChI is InChI=1S/C30H36F3N3O5/c1-35(2)25-18-34-24-5-4-19(40-3)14-21(24)28(25)26(37)6-7-30(17-27(38)39)8-10-36(11-9-30)12-13-41-20-15-22(31)29(33)23(32)16-20/h4-5,14-16,18,26,37H,6-13,17H2,1-3H3,(H,38,39)/t26-/m0/s1. The van der Waals surface area contributed by atoms with Gasteiger partial charge in [0.05, 0.1) is 37.0 Å². The van der Waals surface area contributed by atoms with E-state index in [1.54, 1.807) is 13.3 Å². The highest BCUT2D eigenvalue weighted by atomic mass is 19.2.